The average molecular weight is 516 g/mol. The molecule has 0 spiro atoms. The number of nitrogens with zero attached hydrogens (tertiary/aromatic N) is 2. The lowest BCUT2D eigenvalue weighted by Crippen LogP contribution is -2.30. The van der Waals surface area contributed by atoms with Gasteiger partial charge in [-0.15, -0.1) is 0 Å². The van der Waals surface area contributed by atoms with E-state index in [4.69, 9.17) is 18.9 Å². The van der Waals surface area contributed by atoms with Crippen molar-refractivity contribution >= 4 is 34.4 Å². The Labute approximate surface area is 218 Å². The summed E-state index contributed by atoms with van der Waals surface area (Å²) in [6, 6.07) is 15.9. The van der Waals surface area contributed by atoms with E-state index in [2.05, 4.69) is 9.97 Å². The van der Waals surface area contributed by atoms with Crippen molar-refractivity contribution < 1.29 is 33.6 Å². The molecular formula is C28H25N3O7. The maximum atomic E-state index is 13.5. The lowest BCUT2D eigenvalue weighted by molar-refractivity contribution is -0.132. The van der Waals surface area contributed by atoms with Crippen LogP contribution < -0.4 is 23.8 Å². The fourth-order valence-electron chi connectivity index (χ4n) is 4.51. The van der Waals surface area contributed by atoms with Gasteiger partial charge in [0.2, 0.25) is 5.95 Å². The molecular weight excluding hydrogens is 490 g/mol. The third-order valence-corrected chi connectivity index (χ3v) is 6.44. The minimum atomic E-state index is -1.00. The van der Waals surface area contributed by atoms with Crippen LogP contribution in [0.2, 0.25) is 0 Å². The molecule has 0 saturated carbocycles. The number of fused-ring (bicyclic) bond motifs is 1. The van der Waals surface area contributed by atoms with Gasteiger partial charge in [-0.3, -0.25) is 14.5 Å². The Morgan fingerprint density at radius 3 is 2.13 bits per heavy atom. The van der Waals surface area contributed by atoms with Gasteiger partial charge in [-0.1, -0.05) is 12.1 Å². The summed E-state index contributed by atoms with van der Waals surface area (Å²) in [5.74, 6) is -0.0327. The number of aliphatic hydroxyl groups is 1. The summed E-state index contributed by atoms with van der Waals surface area (Å²) >= 11 is 0. The number of aromatic nitrogens is 2. The highest BCUT2D eigenvalue weighted by Crippen LogP contribution is 2.43. The number of hydrogen-bond donors (Lipinski definition) is 2. The van der Waals surface area contributed by atoms with Crippen LogP contribution in [0.4, 0.5) is 5.95 Å². The molecule has 10 heteroatoms. The number of imidazole rings is 1. The molecule has 1 saturated heterocycles. The normalized spacial score (nSPS) is 16.6. The molecule has 5 rings (SSSR count). The van der Waals surface area contributed by atoms with E-state index < -0.39 is 23.5 Å². The Hall–Kier alpha value is -4.99. The first-order chi connectivity index (χ1) is 18.4. The van der Waals surface area contributed by atoms with Crippen molar-refractivity contribution in [3.63, 3.8) is 0 Å². The molecule has 1 aliphatic heterocycles. The summed E-state index contributed by atoms with van der Waals surface area (Å²) in [5, 5.41) is 11.5. The highest BCUT2D eigenvalue weighted by atomic mass is 16.5. The summed E-state index contributed by atoms with van der Waals surface area (Å²) in [5.41, 5.74) is 1.84. The van der Waals surface area contributed by atoms with Gasteiger partial charge in [-0.25, -0.2) is 4.98 Å². The lowest BCUT2D eigenvalue weighted by Gasteiger charge is -2.23. The van der Waals surface area contributed by atoms with Crippen molar-refractivity contribution in [1.29, 1.82) is 0 Å². The van der Waals surface area contributed by atoms with Gasteiger partial charge in [-0.05, 0) is 48.0 Å². The summed E-state index contributed by atoms with van der Waals surface area (Å²) < 4.78 is 21.3. The number of aromatic amines is 1. The van der Waals surface area contributed by atoms with Crippen molar-refractivity contribution in [2.75, 3.05) is 33.3 Å². The van der Waals surface area contributed by atoms with Crippen LogP contribution in [-0.2, 0) is 9.59 Å². The molecule has 3 aromatic carbocycles. The number of carbonyl (C=O) groups is 2. The summed E-state index contributed by atoms with van der Waals surface area (Å²) in [6.45, 7) is 0. The number of benzene rings is 3. The number of H-pyrrole nitrogens is 1. The molecule has 0 aliphatic carbocycles. The topological polar surface area (TPSA) is 123 Å². The zero-order chi connectivity index (χ0) is 27.0. The molecule has 1 fully saturated rings. The Kier molecular flexibility index (Phi) is 6.38. The maximum Gasteiger partial charge on any atom is 0.302 e. The summed E-state index contributed by atoms with van der Waals surface area (Å²) in [4.78, 5) is 35.9. The highest BCUT2D eigenvalue weighted by molar-refractivity contribution is 6.51. The molecule has 1 aliphatic rings. The minimum Gasteiger partial charge on any atom is -0.507 e. The lowest BCUT2D eigenvalue weighted by atomic mass is 9.95. The number of ether oxygens (including phenoxy) is 4. The van der Waals surface area contributed by atoms with Gasteiger partial charge < -0.3 is 29.0 Å². The van der Waals surface area contributed by atoms with Crippen LogP contribution in [0.5, 0.6) is 23.0 Å². The predicted molar refractivity (Wildman–Crippen MR) is 140 cm³/mol. The SMILES string of the molecule is COc1ccc(C2/C(=C(\O)c3cc(OC)ccc3OC)C(=O)C(=O)N2c2nc3ccc(OC)cc3[nH]2)cc1. The van der Waals surface area contributed by atoms with Crippen LogP contribution in [0.15, 0.2) is 66.2 Å². The number of carbonyl (C=O) groups excluding carboxylic acids is 2. The molecule has 4 aromatic rings. The average Bonchev–Trinajstić information content (AvgIpc) is 3.49. The molecule has 0 bridgehead atoms. The quantitative estimate of drug-likeness (QED) is 0.213. The van der Waals surface area contributed by atoms with Crippen LogP contribution in [0, 0.1) is 0 Å². The van der Waals surface area contributed by atoms with E-state index >= 15 is 0 Å². The van der Waals surface area contributed by atoms with E-state index in [-0.39, 0.29) is 17.1 Å². The van der Waals surface area contributed by atoms with E-state index in [9.17, 15) is 14.7 Å². The van der Waals surface area contributed by atoms with Crippen molar-refractivity contribution in [3.8, 4) is 23.0 Å². The molecule has 10 nitrogen and oxygen atoms in total. The number of hydrogen-bond acceptors (Lipinski definition) is 8. The van der Waals surface area contributed by atoms with E-state index in [1.165, 1.54) is 19.1 Å². The number of rotatable bonds is 7. The number of amides is 1. The van der Waals surface area contributed by atoms with Gasteiger partial charge in [0, 0.05) is 6.07 Å². The van der Waals surface area contributed by atoms with Gasteiger partial charge >= 0.3 is 5.91 Å². The minimum absolute atomic E-state index is 0.121. The van der Waals surface area contributed by atoms with Crippen molar-refractivity contribution in [2.24, 2.45) is 0 Å². The largest absolute Gasteiger partial charge is 0.507 e. The third-order valence-electron chi connectivity index (χ3n) is 6.44. The molecule has 38 heavy (non-hydrogen) atoms. The van der Waals surface area contributed by atoms with E-state index in [1.807, 2.05) is 0 Å². The van der Waals surface area contributed by atoms with E-state index in [0.29, 0.717) is 39.6 Å². The van der Waals surface area contributed by atoms with Gasteiger partial charge in [0.05, 0.1) is 56.7 Å². The highest BCUT2D eigenvalue weighted by Gasteiger charge is 2.48. The van der Waals surface area contributed by atoms with Crippen molar-refractivity contribution in [3.05, 3.63) is 77.4 Å². The first kappa shape index (κ1) is 24.7. The second-order valence-electron chi connectivity index (χ2n) is 8.45. The fraction of sp³-hybridized carbons (Fsp3) is 0.179. The fourth-order valence-corrected chi connectivity index (χ4v) is 4.51. The molecule has 1 unspecified atom stereocenters. The number of nitrogens with one attached hydrogen (secondary N) is 1. The number of anilines is 1. The predicted octanol–water partition coefficient (Wildman–Crippen LogP) is 4.22. The van der Waals surface area contributed by atoms with Crippen LogP contribution in [0.3, 0.4) is 0 Å². The maximum absolute atomic E-state index is 13.5. The number of methoxy groups -OCH3 is 4. The van der Waals surface area contributed by atoms with Crippen LogP contribution in [-0.4, -0.2) is 55.2 Å². The van der Waals surface area contributed by atoms with E-state index in [1.54, 1.807) is 74.9 Å². The molecule has 1 atom stereocenters. The van der Waals surface area contributed by atoms with Crippen molar-refractivity contribution in [2.45, 2.75) is 6.04 Å². The van der Waals surface area contributed by atoms with Crippen molar-refractivity contribution in [1.82, 2.24) is 9.97 Å². The zero-order valence-corrected chi connectivity index (χ0v) is 21.1. The second kappa shape index (κ2) is 9.81. The third kappa shape index (κ3) is 4.05. The monoisotopic (exact) mass is 515 g/mol. The van der Waals surface area contributed by atoms with Crippen LogP contribution >= 0.6 is 0 Å². The smallest absolute Gasteiger partial charge is 0.302 e. The first-order valence-corrected chi connectivity index (χ1v) is 11.6. The van der Waals surface area contributed by atoms with Gasteiger partial charge in [-0.2, -0.15) is 0 Å². The molecule has 194 valence electrons. The summed E-state index contributed by atoms with van der Waals surface area (Å²) in [7, 11) is 6.02. The second-order valence-corrected chi connectivity index (χ2v) is 8.45. The van der Waals surface area contributed by atoms with Gasteiger partial charge in [0.1, 0.15) is 28.8 Å². The van der Waals surface area contributed by atoms with E-state index in [0.717, 1.165) is 0 Å². The van der Waals surface area contributed by atoms with Gasteiger partial charge in [0.15, 0.2) is 0 Å². The Balaban J connectivity index is 1.74. The molecule has 1 amide bonds. The van der Waals surface area contributed by atoms with Crippen LogP contribution in [0.25, 0.3) is 16.8 Å². The Morgan fingerprint density at radius 2 is 1.47 bits per heavy atom. The summed E-state index contributed by atoms with van der Waals surface area (Å²) in [6.07, 6.45) is 0. The Morgan fingerprint density at radius 1 is 0.842 bits per heavy atom. The molecule has 2 heterocycles. The molecule has 0 radical (unpaired) electrons. The molecule has 1 aromatic heterocycles. The standard InChI is InChI=1S/C28H25N3O7/c1-35-16-7-5-15(6-8-16)24-23(25(32)19-13-17(36-2)10-12-22(19)38-4)26(33)27(34)31(24)28-29-20-11-9-18(37-3)14-21(20)30-28/h5-14,24,32H,1-4H3,(H,29,30)/b25-23+. The number of aliphatic hydroxyl groups excluding tert-OH is 1. The number of Topliss-reactive ketones (excluding diaryl/α,β-unsaturated/α-hetero) is 1. The van der Waals surface area contributed by atoms with Crippen LogP contribution in [0.1, 0.15) is 17.2 Å². The molecule has 2 N–H and O–H groups in total. The number of ketones is 1. The first-order valence-electron chi connectivity index (χ1n) is 11.6. The Bertz CT molecular complexity index is 1570. The van der Waals surface area contributed by atoms with Gasteiger partial charge in [0.25, 0.3) is 5.78 Å². The zero-order valence-electron chi connectivity index (χ0n) is 21.1.